The van der Waals surface area contributed by atoms with Crippen LogP contribution >= 0.6 is 0 Å². The van der Waals surface area contributed by atoms with Crippen molar-refractivity contribution in [3.8, 4) is 0 Å². The van der Waals surface area contributed by atoms with Crippen molar-refractivity contribution < 1.29 is 58.2 Å². The van der Waals surface area contributed by atoms with E-state index in [9.17, 15) is 58.2 Å². The van der Waals surface area contributed by atoms with Crippen molar-refractivity contribution in [2.75, 3.05) is 6.54 Å². The maximum atomic E-state index is 15.0. The van der Waals surface area contributed by atoms with Crippen molar-refractivity contribution in [1.29, 1.82) is 0 Å². The molecule has 45 heavy (non-hydrogen) atoms. The van der Waals surface area contributed by atoms with Crippen molar-refractivity contribution >= 4 is 21.7 Å². The maximum Gasteiger partial charge on any atom is 0.435 e. The van der Waals surface area contributed by atoms with Crippen molar-refractivity contribution in [2.45, 2.75) is 78.7 Å². The highest BCUT2D eigenvalue weighted by Gasteiger charge is 2.74. The van der Waals surface area contributed by atoms with Gasteiger partial charge in [0.1, 0.15) is 10.6 Å². The first-order chi connectivity index (χ1) is 20.8. The molecule has 1 N–H and O–H groups in total. The molecule has 0 radical (unpaired) electrons. The van der Waals surface area contributed by atoms with E-state index in [0.717, 1.165) is 30.3 Å². The minimum absolute atomic E-state index is 0.0927. The van der Waals surface area contributed by atoms with Crippen LogP contribution in [0.15, 0.2) is 47.4 Å². The molecule has 1 amide bonds. The average Bonchev–Trinajstić information content (AvgIpc) is 3.31. The SMILES string of the molecule is O=C(O)C1CC2(C1)CC(C(=O)N1CC[C@@]3(S(=O)(=O)c4ccc(F)cc4)c4ccc(C(F)(C(F)(F)F)C(F)(F)F)cc4CC[C@@H]13)C2. The molecule has 15 heteroatoms. The van der Waals surface area contributed by atoms with E-state index in [4.69, 9.17) is 0 Å². The minimum atomic E-state index is -6.36. The molecular formula is C30H27F8NO5S. The fraction of sp³-hybridized carbons (Fsp3) is 0.533. The number of aryl methyl sites for hydroxylation is 1. The summed E-state index contributed by atoms with van der Waals surface area (Å²) in [7, 11) is -4.57. The third-order valence-corrected chi connectivity index (χ3v) is 12.9. The number of fused-ring (bicyclic) bond motifs is 3. The second kappa shape index (κ2) is 9.88. The fourth-order valence-electron chi connectivity index (χ4n) is 8.21. The standard InChI is InChI=1S/C30H27F8NO5S/c31-20-3-5-21(6-4-20)45(43,44)27-9-10-39(24(40)17-12-26(13-17)14-18(15-26)25(41)42)23(27)8-1-16-11-19(2-7-22(16)27)28(32,29(33,34)35)30(36,37)38/h2-7,11,17-18,23H,1,8-10,12-15H2,(H,41,42)/t17?,18?,23-,26?,27-/m1/s1. The first-order valence-corrected chi connectivity index (χ1v) is 15.8. The second-order valence-electron chi connectivity index (χ2n) is 12.8. The Labute approximate surface area is 252 Å². The van der Waals surface area contributed by atoms with Gasteiger partial charge in [0.15, 0.2) is 9.84 Å². The predicted molar refractivity (Wildman–Crippen MR) is 141 cm³/mol. The Balaban J connectivity index is 1.41. The van der Waals surface area contributed by atoms with E-state index in [-0.39, 0.29) is 53.2 Å². The molecule has 0 unspecified atom stereocenters. The lowest BCUT2D eigenvalue weighted by atomic mass is 9.48. The zero-order valence-electron chi connectivity index (χ0n) is 23.4. The van der Waals surface area contributed by atoms with Gasteiger partial charge in [-0.25, -0.2) is 17.2 Å². The van der Waals surface area contributed by atoms with Gasteiger partial charge in [-0.05, 0) is 85.8 Å². The number of nitrogens with zero attached hydrogens (tertiary/aromatic N) is 1. The van der Waals surface area contributed by atoms with Gasteiger partial charge in [0.05, 0.1) is 16.9 Å². The minimum Gasteiger partial charge on any atom is -0.481 e. The topological polar surface area (TPSA) is 91.8 Å². The number of rotatable bonds is 5. The lowest BCUT2D eigenvalue weighted by molar-refractivity contribution is -0.348. The Bertz CT molecular complexity index is 1640. The van der Waals surface area contributed by atoms with Crippen LogP contribution in [0.2, 0.25) is 0 Å². The summed E-state index contributed by atoms with van der Waals surface area (Å²) in [6.07, 6.45) is -11.7. The molecule has 2 atom stereocenters. The molecule has 3 aliphatic carbocycles. The Morgan fingerprint density at radius 1 is 0.867 bits per heavy atom. The number of carboxylic acids is 1. The van der Waals surface area contributed by atoms with Crippen LogP contribution in [0.1, 0.15) is 55.2 Å². The van der Waals surface area contributed by atoms with Gasteiger partial charge in [-0.1, -0.05) is 18.2 Å². The van der Waals surface area contributed by atoms with Gasteiger partial charge in [-0.3, -0.25) is 9.59 Å². The Morgan fingerprint density at radius 2 is 1.44 bits per heavy atom. The quantitative estimate of drug-likeness (QED) is 0.303. The molecule has 2 aromatic rings. The lowest BCUT2D eigenvalue weighted by Crippen LogP contribution is -2.57. The van der Waals surface area contributed by atoms with Gasteiger partial charge >= 0.3 is 24.0 Å². The van der Waals surface area contributed by atoms with Crippen LogP contribution in [0.3, 0.4) is 0 Å². The van der Waals surface area contributed by atoms with Crippen molar-refractivity contribution in [2.24, 2.45) is 17.3 Å². The van der Waals surface area contributed by atoms with E-state index in [1.165, 1.54) is 4.90 Å². The lowest BCUT2D eigenvalue weighted by Gasteiger charge is -2.57. The van der Waals surface area contributed by atoms with E-state index in [1.54, 1.807) is 0 Å². The van der Waals surface area contributed by atoms with Crippen LogP contribution in [0.4, 0.5) is 35.1 Å². The summed E-state index contributed by atoms with van der Waals surface area (Å²) >= 11 is 0. The molecule has 0 bridgehead atoms. The van der Waals surface area contributed by atoms with Crippen LogP contribution < -0.4 is 0 Å². The number of aliphatic carboxylic acids is 1. The molecule has 4 aliphatic rings. The molecule has 1 heterocycles. The summed E-state index contributed by atoms with van der Waals surface area (Å²) in [6.45, 7) is -0.0927. The largest absolute Gasteiger partial charge is 0.481 e. The monoisotopic (exact) mass is 665 g/mol. The second-order valence-corrected chi connectivity index (χ2v) is 15.0. The summed E-state index contributed by atoms with van der Waals surface area (Å²) in [4.78, 5) is 26.0. The van der Waals surface area contributed by atoms with E-state index >= 15 is 0 Å². The summed E-state index contributed by atoms with van der Waals surface area (Å²) in [5, 5.41) is 9.21. The fourth-order valence-corrected chi connectivity index (χ4v) is 10.6. The number of sulfone groups is 1. The number of amides is 1. The molecule has 1 saturated heterocycles. The van der Waals surface area contributed by atoms with Crippen molar-refractivity contribution in [1.82, 2.24) is 4.90 Å². The molecule has 244 valence electrons. The third kappa shape index (κ3) is 4.42. The van der Waals surface area contributed by atoms with E-state index in [1.807, 2.05) is 0 Å². The molecule has 2 saturated carbocycles. The van der Waals surface area contributed by atoms with Crippen LogP contribution in [0.25, 0.3) is 0 Å². The molecule has 1 aliphatic heterocycles. The van der Waals surface area contributed by atoms with Crippen molar-refractivity contribution in [3.05, 3.63) is 65.0 Å². The van der Waals surface area contributed by atoms with Gasteiger partial charge in [-0.15, -0.1) is 0 Å². The highest BCUT2D eigenvalue weighted by atomic mass is 32.2. The van der Waals surface area contributed by atoms with E-state index < -0.39 is 67.8 Å². The smallest absolute Gasteiger partial charge is 0.435 e. The first-order valence-electron chi connectivity index (χ1n) is 14.3. The van der Waals surface area contributed by atoms with Gasteiger partial charge in [0, 0.05) is 18.0 Å². The van der Waals surface area contributed by atoms with Gasteiger partial charge in [0.2, 0.25) is 5.91 Å². The zero-order chi connectivity index (χ0) is 33.0. The number of hydrogen-bond acceptors (Lipinski definition) is 4. The molecule has 2 aromatic carbocycles. The number of alkyl halides is 7. The number of likely N-dealkylation sites (tertiary alicyclic amines) is 1. The number of carboxylic acid groups (broad SMARTS) is 1. The number of benzene rings is 2. The molecule has 3 fully saturated rings. The van der Waals surface area contributed by atoms with Crippen LogP contribution in [0, 0.1) is 23.1 Å². The van der Waals surface area contributed by atoms with Gasteiger partial charge in [0.25, 0.3) is 0 Å². The summed E-state index contributed by atoms with van der Waals surface area (Å²) < 4.78 is 137. The first kappa shape index (κ1) is 31.7. The molecule has 1 spiro atoms. The Morgan fingerprint density at radius 3 is 2.00 bits per heavy atom. The van der Waals surface area contributed by atoms with Crippen LogP contribution in [0.5, 0.6) is 0 Å². The van der Waals surface area contributed by atoms with Gasteiger partial charge in [-0.2, -0.15) is 26.3 Å². The van der Waals surface area contributed by atoms with Crippen LogP contribution in [-0.2, 0) is 36.3 Å². The molecule has 6 rings (SSSR count). The average molecular weight is 666 g/mol. The summed E-state index contributed by atoms with van der Waals surface area (Å²) in [6, 6.07) is 4.18. The van der Waals surface area contributed by atoms with Crippen LogP contribution in [-0.4, -0.2) is 55.2 Å². The van der Waals surface area contributed by atoms with Crippen molar-refractivity contribution in [3.63, 3.8) is 0 Å². The maximum absolute atomic E-state index is 15.0. The summed E-state index contributed by atoms with van der Waals surface area (Å²) in [5.74, 6) is -3.02. The van der Waals surface area contributed by atoms with Gasteiger partial charge < -0.3 is 10.0 Å². The normalized spacial score (nSPS) is 29.9. The Hall–Kier alpha value is -3.23. The molecule has 0 aromatic heterocycles. The summed E-state index contributed by atoms with van der Waals surface area (Å²) in [5.41, 5.74) is -8.09. The highest BCUT2D eigenvalue weighted by Crippen LogP contribution is 2.63. The third-order valence-electron chi connectivity index (χ3n) is 10.4. The predicted octanol–water partition coefficient (Wildman–Crippen LogP) is 6.22. The highest BCUT2D eigenvalue weighted by molar-refractivity contribution is 7.92. The number of carbonyl (C=O) groups is 2. The molecular weight excluding hydrogens is 638 g/mol. The number of halogens is 8. The Kier molecular flexibility index (Phi) is 6.97. The van der Waals surface area contributed by atoms with E-state index in [2.05, 4.69) is 0 Å². The molecule has 6 nitrogen and oxygen atoms in total. The van der Waals surface area contributed by atoms with E-state index in [0.29, 0.717) is 37.8 Å². The zero-order valence-corrected chi connectivity index (χ0v) is 24.2. The number of hydrogen-bond donors (Lipinski definition) is 1. The number of carbonyl (C=O) groups excluding carboxylic acids is 1.